The average molecular weight is 187 g/mol. The fourth-order valence-electron chi connectivity index (χ4n) is 1.00. The van der Waals surface area contributed by atoms with Crippen LogP contribution in [0.3, 0.4) is 0 Å². The molecular formula is C9H11F2NO. The lowest BCUT2D eigenvalue weighted by molar-refractivity contribution is -0.0711. The second kappa shape index (κ2) is 3.81. The highest BCUT2D eigenvalue weighted by Crippen LogP contribution is 2.28. The summed E-state index contributed by atoms with van der Waals surface area (Å²) in [5.41, 5.74) is 5.59. The van der Waals surface area contributed by atoms with Gasteiger partial charge in [0.15, 0.2) is 0 Å². The fraction of sp³-hybridized carbons (Fsp3) is 0.333. The molecule has 0 aliphatic carbocycles. The first-order valence-electron chi connectivity index (χ1n) is 3.87. The van der Waals surface area contributed by atoms with E-state index in [1.165, 1.54) is 12.1 Å². The van der Waals surface area contributed by atoms with Crippen LogP contribution >= 0.6 is 0 Å². The lowest BCUT2D eigenvalue weighted by Gasteiger charge is -2.21. The van der Waals surface area contributed by atoms with Crippen LogP contribution in [0.15, 0.2) is 30.3 Å². The molecule has 1 unspecified atom stereocenters. The van der Waals surface area contributed by atoms with E-state index >= 15 is 0 Å². The lowest BCUT2D eigenvalue weighted by Crippen LogP contribution is -2.36. The van der Waals surface area contributed by atoms with Crippen LogP contribution in [0.5, 0.6) is 0 Å². The molecule has 0 aliphatic rings. The van der Waals surface area contributed by atoms with Gasteiger partial charge in [0.2, 0.25) is 0 Å². The Morgan fingerprint density at radius 2 is 1.85 bits per heavy atom. The highest BCUT2D eigenvalue weighted by atomic mass is 19.3. The quantitative estimate of drug-likeness (QED) is 0.749. The molecular weight excluding hydrogens is 176 g/mol. The summed E-state index contributed by atoms with van der Waals surface area (Å²) in [5, 5.41) is 8.40. The molecule has 1 rings (SSSR count). The van der Waals surface area contributed by atoms with E-state index in [1.807, 2.05) is 0 Å². The van der Waals surface area contributed by atoms with Crippen LogP contribution in [-0.2, 0) is 0 Å². The number of aliphatic hydroxyl groups excluding tert-OH is 1. The van der Waals surface area contributed by atoms with Gasteiger partial charge in [-0.15, -0.1) is 0 Å². The number of benzene rings is 1. The van der Waals surface area contributed by atoms with Crippen molar-refractivity contribution < 1.29 is 13.9 Å². The van der Waals surface area contributed by atoms with E-state index in [-0.39, 0.29) is 0 Å². The van der Waals surface area contributed by atoms with Crippen molar-refractivity contribution in [2.24, 2.45) is 5.73 Å². The molecule has 13 heavy (non-hydrogen) atoms. The van der Waals surface area contributed by atoms with Crippen LogP contribution in [-0.4, -0.2) is 17.6 Å². The second-order valence-electron chi connectivity index (χ2n) is 2.81. The Bertz CT molecular complexity index is 264. The Labute approximate surface area is 75.0 Å². The van der Waals surface area contributed by atoms with Crippen LogP contribution in [0.2, 0.25) is 0 Å². The monoisotopic (exact) mass is 187 g/mol. The molecule has 0 fully saturated rings. The van der Waals surface area contributed by atoms with Crippen LogP contribution < -0.4 is 5.73 Å². The van der Waals surface area contributed by atoms with Gasteiger partial charge in [-0.3, -0.25) is 0 Å². The normalized spacial score (nSPS) is 14.2. The third-order valence-electron chi connectivity index (χ3n) is 1.82. The summed E-state index contributed by atoms with van der Waals surface area (Å²) >= 11 is 0. The number of alkyl halides is 2. The molecule has 0 aromatic heterocycles. The van der Waals surface area contributed by atoms with Crippen molar-refractivity contribution in [3.05, 3.63) is 35.9 Å². The maximum atomic E-state index is 12.9. The number of hydrogen-bond donors (Lipinski definition) is 2. The van der Waals surface area contributed by atoms with E-state index in [4.69, 9.17) is 10.8 Å². The van der Waals surface area contributed by atoms with E-state index in [0.29, 0.717) is 5.56 Å². The first kappa shape index (κ1) is 10.1. The molecule has 2 nitrogen and oxygen atoms in total. The number of nitrogens with two attached hydrogens (primary N) is 1. The molecule has 0 radical (unpaired) electrons. The van der Waals surface area contributed by atoms with Crippen molar-refractivity contribution >= 4 is 0 Å². The molecule has 0 saturated carbocycles. The Kier molecular flexibility index (Phi) is 2.95. The minimum absolute atomic E-state index is 0.321. The number of halogens is 2. The van der Waals surface area contributed by atoms with Crippen LogP contribution in [0, 0.1) is 0 Å². The summed E-state index contributed by atoms with van der Waals surface area (Å²) in [6, 6.07) is 6.54. The third kappa shape index (κ3) is 2.23. The predicted molar refractivity (Wildman–Crippen MR) is 45.4 cm³/mol. The van der Waals surface area contributed by atoms with Gasteiger partial charge in [0.1, 0.15) is 6.61 Å². The van der Waals surface area contributed by atoms with Crippen molar-refractivity contribution in [3.63, 3.8) is 0 Å². The summed E-state index contributed by atoms with van der Waals surface area (Å²) in [6.45, 7) is -1.23. The number of hydrogen-bond acceptors (Lipinski definition) is 2. The third-order valence-corrected chi connectivity index (χ3v) is 1.82. The summed E-state index contributed by atoms with van der Waals surface area (Å²) in [4.78, 5) is 0. The summed E-state index contributed by atoms with van der Waals surface area (Å²) in [6.07, 6.45) is 0. The molecule has 1 aromatic carbocycles. The summed E-state index contributed by atoms with van der Waals surface area (Å²) in [5.74, 6) is -3.26. The molecule has 0 bridgehead atoms. The van der Waals surface area contributed by atoms with Gasteiger partial charge in [0.05, 0.1) is 6.04 Å². The van der Waals surface area contributed by atoms with Gasteiger partial charge in [-0.05, 0) is 5.56 Å². The highest BCUT2D eigenvalue weighted by Gasteiger charge is 2.36. The minimum Gasteiger partial charge on any atom is -0.390 e. The van der Waals surface area contributed by atoms with Crippen molar-refractivity contribution in [2.45, 2.75) is 12.0 Å². The van der Waals surface area contributed by atoms with E-state index in [2.05, 4.69) is 0 Å². The molecule has 1 atom stereocenters. The molecule has 72 valence electrons. The summed E-state index contributed by atoms with van der Waals surface area (Å²) in [7, 11) is 0. The van der Waals surface area contributed by atoms with Gasteiger partial charge >= 0.3 is 0 Å². The molecule has 0 aliphatic heterocycles. The van der Waals surface area contributed by atoms with E-state index < -0.39 is 18.6 Å². The van der Waals surface area contributed by atoms with Crippen molar-refractivity contribution in [1.29, 1.82) is 0 Å². The standard InChI is InChI=1S/C9H11F2NO/c10-9(11,6-13)8(12)7-4-2-1-3-5-7/h1-5,8,13H,6,12H2. The zero-order chi connectivity index (χ0) is 9.90. The van der Waals surface area contributed by atoms with Gasteiger partial charge < -0.3 is 10.8 Å². The van der Waals surface area contributed by atoms with Gasteiger partial charge in [-0.1, -0.05) is 30.3 Å². The number of aliphatic hydroxyl groups is 1. The van der Waals surface area contributed by atoms with E-state index in [9.17, 15) is 8.78 Å². The summed E-state index contributed by atoms with van der Waals surface area (Å²) < 4.78 is 25.7. The number of rotatable bonds is 3. The maximum absolute atomic E-state index is 12.9. The molecule has 0 heterocycles. The zero-order valence-electron chi connectivity index (χ0n) is 6.95. The molecule has 0 amide bonds. The van der Waals surface area contributed by atoms with Crippen LogP contribution in [0.25, 0.3) is 0 Å². The minimum atomic E-state index is -3.26. The highest BCUT2D eigenvalue weighted by molar-refractivity contribution is 5.20. The lowest BCUT2D eigenvalue weighted by atomic mass is 10.0. The Hall–Kier alpha value is -1.00. The molecule has 4 heteroatoms. The van der Waals surface area contributed by atoms with Crippen molar-refractivity contribution in [1.82, 2.24) is 0 Å². The Morgan fingerprint density at radius 1 is 1.31 bits per heavy atom. The second-order valence-corrected chi connectivity index (χ2v) is 2.81. The smallest absolute Gasteiger partial charge is 0.289 e. The van der Waals surface area contributed by atoms with Crippen molar-refractivity contribution in [2.75, 3.05) is 6.61 Å². The first-order valence-corrected chi connectivity index (χ1v) is 3.87. The van der Waals surface area contributed by atoms with Crippen LogP contribution in [0.1, 0.15) is 11.6 Å². The van der Waals surface area contributed by atoms with Crippen molar-refractivity contribution in [3.8, 4) is 0 Å². The zero-order valence-corrected chi connectivity index (χ0v) is 6.95. The van der Waals surface area contributed by atoms with Crippen LogP contribution in [0.4, 0.5) is 8.78 Å². The molecule has 0 spiro atoms. The van der Waals surface area contributed by atoms with E-state index in [1.54, 1.807) is 18.2 Å². The molecule has 0 saturated heterocycles. The topological polar surface area (TPSA) is 46.2 Å². The van der Waals surface area contributed by atoms with Gasteiger partial charge in [0.25, 0.3) is 5.92 Å². The predicted octanol–water partition coefficient (Wildman–Crippen LogP) is 1.31. The van der Waals surface area contributed by atoms with Gasteiger partial charge in [0, 0.05) is 0 Å². The van der Waals surface area contributed by atoms with Gasteiger partial charge in [-0.25, -0.2) is 8.78 Å². The first-order chi connectivity index (χ1) is 6.08. The molecule has 3 N–H and O–H groups in total. The molecule has 1 aromatic rings. The fourth-order valence-corrected chi connectivity index (χ4v) is 1.00. The van der Waals surface area contributed by atoms with E-state index in [0.717, 1.165) is 0 Å². The Balaban J connectivity index is 2.85. The Morgan fingerprint density at radius 3 is 2.31 bits per heavy atom. The average Bonchev–Trinajstić information content (AvgIpc) is 2.18. The maximum Gasteiger partial charge on any atom is 0.289 e. The van der Waals surface area contributed by atoms with Gasteiger partial charge in [-0.2, -0.15) is 0 Å². The SMILES string of the molecule is NC(c1ccccc1)C(F)(F)CO. The largest absolute Gasteiger partial charge is 0.390 e.